The average molecular weight is 478 g/mol. The highest BCUT2D eigenvalue weighted by molar-refractivity contribution is 5.76. The number of aliphatic hydroxyl groups is 2. The minimum Gasteiger partial charge on any atom is -0.394 e. The summed E-state index contributed by atoms with van der Waals surface area (Å²) in [6, 6.07) is -0.537. The predicted molar refractivity (Wildman–Crippen MR) is 147 cm³/mol. The third-order valence-corrected chi connectivity index (χ3v) is 6.15. The van der Waals surface area contributed by atoms with Crippen molar-refractivity contribution in [1.82, 2.24) is 5.32 Å². The van der Waals surface area contributed by atoms with E-state index in [-0.39, 0.29) is 12.5 Å². The number of carbonyl (C=O) groups excluding carboxylic acids is 1. The molecular formula is C30H55NO3. The second-order valence-corrected chi connectivity index (χ2v) is 9.46. The molecule has 0 rings (SSSR count). The van der Waals surface area contributed by atoms with Crippen molar-refractivity contribution in [1.29, 1.82) is 0 Å². The zero-order chi connectivity index (χ0) is 25.1. The lowest BCUT2D eigenvalue weighted by Gasteiger charge is -2.22. The third kappa shape index (κ3) is 22.4. The maximum Gasteiger partial charge on any atom is 0.220 e. The summed E-state index contributed by atoms with van der Waals surface area (Å²) in [6.45, 7) is 4.15. The molecule has 2 atom stereocenters. The van der Waals surface area contributed by atoms with Crippen LogP contribution in [0.5, 0.6) is 0 Å². The molecule has 2 unspecified atom stereocenters. The number of unbranched alkanes of at least 4 members (excludes halogenated alkanes) is 11. The average Bonchev–Trinajstić information content (AvgIpc) is 2.84. The van der Waals surface area contributed by atoms with Crippen LogP contribution in [0.1, 0.15) is 129 Å². The van der Waals surface area contributed by atoms with Gasteiger partial charge in [0.1, 0.15) is 0 Å². The number of nitrogens with one attached hydrogen (secondary N) is 1. The summed E-state index contributed by atoms with van der Waals surface area (Å²) in [7, 11) is 0. The first kappa shape index (κ1) is 32.6. The summed E-state index contributed by atoms with van der Waals surface area (Å²) in [5, 5.41) is 22.4. The molecule has 0 saturated heterocycles. The fourth-order valence-corrected chi connectivity index (χ4v) is 3.89. The van der Waals surface area contributed by atoms with Crippen LogP contribution < -0.4 is 5.32 Å². The monoisotopic (exact) mass is 477 g/mol. The molecule has 0 aliphatic rings. The van der Waals surface area contributed by atoms with Gasteiger partial charge in [-0.15, -0.1) is 0 Å². The Labute approximate surface area is 211 Å². The van der Waals surface area contributed by atoms with Gasteiger partial charge in [0.05, 0.1) is 18.8 Å². The molecule has 0 aliphatic carbocycles. The fraction of sp³-hybridized carbons (Fsp3) is 0.767. The van der Waals surface area contributed by atoms with Crippen LogP contribution in [-0.2, 0) is 4.79 Å². The third-order valence-electron chi connectivity index (χ3n) is 6.15. The number of hydrogen-bond acceptors (Lipinski definition) is 3. The molecule has 0 bridgehead atoms. The molecule has 0 saturated carbocycles. The Morgan fingerprint density at radius 2 is 1.21 bits per heavy atom. The topological polar surface area (TPSA) is 69.6 Å². The van der Waals surface area contributed by atoms with Crippen molar-refractivity contribution >= 4 is 5.91 Å². The first-order valence-electron chi connectivity index (χ1n) is 14.2. The zero-order valence-electron chi connectivity index (χ0n) is 22.4. The minimum absolute atomic E-state index is 0.0595. The van der Waals surface area contributed by atoms with Gasteiger partial charge in [-0.3, -0.25) is 4.79 Å². The highest BCUT2D eigenvalue weighted by Crippen LogP contribution is 2.10. The molecule has 1 amide bonds. The van der Waals surface area contributed by atoms with Crippen LogP contribution in [0.4, 0.5) is 0 Å². The molecule has 0 aromatic heterocycles. The first-order chi connectivity index (χ1) is 16.7. The van der Waals surface area contributed by atoms with Crippen LogP contribution in [0.2, 0.25) is 0 Å². The van der Waals surface area contributed by atoms with E-state index in [0.29, 0.717) is 12.8 Å². The molecule has 0 radical (unpaired) electrons. The van der Waals surface area contributed by atoms with E-state index in [9.17, 15) is 15.0 Å². The van der Waals surface area contributed by atoms with E-state index in [1.807, 2.05) is 0 Å². The normalized spacial score (nSPS) is 13.9. The van der Waals surface area contributed by atoms with E-state index in [1.54, 1.807) is 0 Å². The van der Waals surface area contributed by atoms with Gasteiger partial charge in [-0.1, -0.05) is 108 Å². The lowest BCUT2D eigenvalue weighted by molar-refractivity contribution is -0.123. The van der Waals surface area contributed by atoms with Crippen LogP contribution in [0.3, 0.4) is 0 Å². The molecule has 0 heterocycles. The van der Waals surface area contributed by atoms with Gasteiger partial charge in [0.25, 0.3) is 0 Å². The van der Waals surface area contributed by atoms with Crippen LogP contribution in [0, 0.1) is 0 Å². The van der Waals surface area contributed by atoms with Crippen LogP contribution >= 0.6 is 0 Å². The maximum absolute atomic E-state index is 12.1. The van der Waals surface area contributed by atoms with Crippen molar-refractivity contribution in [3.63, 3.8) is 0 Å². The second-order valence-electron chi connectivity index (χ2n) is 9.46. The number of hydrogen-bond donors (Lipinski definition) is 3. The highest BCUT2D eigenvalue weighted by Gasteiger charge is 2.19. The number of carbonyl (C=O) groups is 1. The van der Waals surface area contributed by atoms with Crippen LogP contribution in [0.15, 0.2) is 36.5 Å². The Balaban J connectivity index is 3.56. The Bertz CT molecular complexity index is 527. The zero-order valence-corrected chi connectivity index (χ0v) is 22.4. The van der Waals surface area contributed by atoms with Crippen molar-refractivity contribution in [3.8, 4) is 0 Å². The molecule has 0 spiro atoms. The highest BCUT2D eigenvalue weighted by atomic mass is 16.3. The number of amides is 1. The molecule has 0 fully saturated rings. The molecule has 4 nitrogen and oxygen atoms in total. The Morgan fingerprint density at radius 3 is 1.79 bits per heavy atom. The van der Waals surface area contributed by atoms with Gasteiger partial charge in [0.15, 0.2) is 0 Å². The molecular weight excluding hydrogens is 422 g/mol. The Morgan fingerprint density at radius 1 is 0.706 bits per heavy atom. The lowest BCUT2D eigenvalue weighted by Crippen LogP contribution is -2.45. The van der Waals surface area contributed by atoms with Crippen molar-refractivity contribution in [2.45, 2.75) is 142 Å². The van der Waals surface area contributed by atoms with Gasteiger partial charge in [-0.2, -0.15) is 0 Å². The smallest absolute Gasteiger partial charge is 0.220 e. The summed E-state index contributed by atoms with van der Waals surface area (Å²) < 4.78 is 0. The van der Waals surface area contributed by atoms with E-state index >= 15 is 0 Å². The first-order valence-corrected chi connectivity index (χ1v) is 14.2. The lowest BCUT2D eigenvalue weighted by atomic mass is 10.0. The van der Waals surface area contributed by atoms with E-state index in [1.165, 1.54) is 44.9 Å². The number of aliphatic hydroxyl groups excluding tert-OH is 2. The molecule has 198 valence electrons. The van der Waals surface area contributed by atoms with E-state index < -0.39 is 12.1 Å². The standard InChI is InChI=1S/C30H55NO3/c1-3-5-7-8-9-10-11-12-13-14-15-16-17-18-19-20-21-22-24-26-30(34)31-28(27-32)29(33)25-23-6-4-2/h9-10,12-13,15-16,28-29,32-33H,3-8,11,14,17-27H2,1-2H3,(H,31,34)/b10-9-,13-12-,16-15-. The Hall–Kier alpha value is -1.39. The largest absolute Gasteiger partial charge is 0.394 e. The van der Waals surface area contributed by atoms with Crippen molar-refractivity contribution in [2.24, 2.45) is 0 Å². The van der Waals surface area contributed by atoms with E-state index in [2.05, 4.69) is 55.6 Å². The quantitative estimate of drug-likeness (QED) is 0.0992. The van der Waals surface area contributed by atoms with Gasteiger partial charge < -0.3 is 15.5 Å². The maximum atomic E-state index is 12.1. The van der Waals surface area contributed by atoms with Crippen molar-refractivity contribution in [2.75, 3.05) is 6.61 Å². The summed E-state index contributed by atoms with van der Waals surface area (Å²) in [4.78, 5) is 12.1. The van der Waals surface area contributed by atoms with E-state index in [0.717, 1.165) is 57.8 Å². The molecule has 0 aromatic carbocycles. The van der Waals surface area contributed by atoms with Crippen LogP contribution in [0.25, 0.3) is 0 Å². The van der Waals surface area contributed by atoms with Gasteiger partial charge in [0, 0.05) is 6.42 Å². The molecule has 4 heteroatoms. The summed E-state index contributed by atoms with van der Waals surface area (Å²) in [5.74, 6) is -0.0595. The Kier molecular flexibility index (Phi) is 25.1. The van der Waals surface area contributed by atoms with Gasteiger partial charge in [-0.05, 0) is 51.4 Å². The van der Waals surface area contributed by atoms with E-state index in [4.69, 9.17) is 0 Å². The SMILES string of the molecule is CCCCC/C=C\C/C=C\C/C=C\CCCCCCCCC(=O)NC(CO)C(O)CCCCC. The summed E-state index contributed by atoms with van der Waals surface area (Å²) in [6.07, 6.45) is 32.3. The fourth-order valence-electron chi connectivity index (χ4n) is 3.89. The van der Waals surface area contributed by atoms with Gasteiger partial charge in [0.2, 0.25) is 5.91 Å². The van der Waals surface area contributed by atoms with Crippen molar-refractivity contribution in [3.05, 3.63) is 36.5 Å². The number of allylic oxidation sites excluding steroid dienone is 6. The summed E-state index contributed by atoms with van der Waals surface area (Å²) in [5.41, 5.74) is 0. The predicted octanol–water partition coefficient (Wildman–Crippen LogP) is 7.55. The second kappa shape index (κ2) is 26.2. The molecule has 0 aromatic rings. The molecule has 0 aliphatic heterocycles. The summed E-state index contributed by atoms with van der Waals surface area (Å²) >= 11 is 0. The van der Waals surface area contributed by atoms with Crippen LogP contribution in [-0.4, -0.2) is 34.9 Å². The minimum atomic E-state index is -0.659. The molecule has 3 N–H and O–H groups in total. The number of rotatable bonds is 24. The molecule has 34 heavy (non-hydrogen) atoms. The van der Waals surface area contributed by atoms with Gasteiger partial charge in [-0.25, -0.2) is 0 Å². The van der Waals surface area contributed by atoms with Crippen molar-refractivity contribution < 1.29 is 15.0 Å². The van der Waals surface area contributed by atoms with Gasteiger partial charge >= 0.3 is 0 Å².